The molecule has 0 radical (unpaired) electrons. The summed E-state index contributed by atoms with van der Waals surface area (Å²) < 4.78 is 0. The zero-order chi connectivity index (χ0) is 14.0. The van der Waals surface area contributed by atoms with Gasteiger partial charge in [-0.25, -0.2) is 4.79 Å². The van der Waals surface area contributed by atoms with Crippen LogP contribution in [-0.2, 0) is 6.54 Å². The van der Waals surface area contributed by atoms with E-state index in [0.29, 0.717) is 4.88 Å². The molecule has 19 heavy (non-hydrogen) atoms. The summed E-state index contributed by atoms with van der Waals surface area (Å²) >= 11 is 1.33. The highest BCUT2D eigenvalue weighted by Gasteiger charge is 2.10. The highest BCUT2D eigenvalue weighted by atomic mass is 32.1. The number of nitrogens with zero attached hydrogens (tertiary/aromatic N) is 1. The molecule has 1 aromatic heterocycles. The van der Waals surface area contributed by atoms with E-state index in [9.17, 15) is 4.79 Å². The monoisotopic (exact) mass is 275 g/mol. The topological polar surface area (TPSA) is 40.5 Å². The third-order valence-electron chi connectivity index (χ3n) is 3.03. The van der Waals surface area contributed by atoms with Crippen molar-refractivity contribution in [2.45, 2.75) is 20.4 Å². The van der Waals surface area contributed by atoms with E-state index >= 15 is 0 Å². The van der Waals surface area contributed by atoms with Crippen LogP contribution in [0.5, 0.6) is 0 Å². The van der Waals surface area contributed by atoms with Crippen molar-refractivity contribution in [1.29, 1.82) is 0 Å². The Labute approximate surface area is 117 Å². The molecule has 0 saturated carbocycles. The van der Waals surface area contributed by atoms with E-state index in [0.717, 1.165) is 11.4 Å². The number of carboxylic acid groups (broad SMARTS) is 1. The van der Waals surface area contributed by atoms with Crippen molar-refractivity contribution in [3.8, 4) is 0 Å². The van der Waals surface area contributed by atoms with Crippen LogP contribution in [0, 0.1) is 13.8 Å². The number of hydrogen-bond donors (Lipinski definition) is 1. The van der Waals surface area contributed by atoms with Crippen LogP contribution in [0.25, 0.3) is 0 Å². The Balaban J connectivity index is 2.15. The Morgan fingerprint density at radius 3 is 2.58 bits per heavy atom. The van der Waals surface area contributed by atoms with Gasteiger partial charge in [0.05, 0.1) is 6.54 Å². The number of aryl methyl sites for hydroxylation is 2. The summed E-state index contributed by atoms with van der Waals surface area (Å²) in [5, 5.41) is 8.92. The van der Waals surface area contributed by atoms with E-state index in [1.807, 2.05) is 13.1 Å². The molecule has 0 bridgehead atoms. The number of thiophene rings is 1. The van der Waals surface area contributed by atoms with Crippen LogP contribution in [-0.4, -0.2) is 18.1 Å². The average molecular weight is 275 g/mol. The van der Waals surface area contributed by atoms with Crippen molar-refractivity contribution < 1.29 is 9.90 Å². The average Bonchev–Trinajstić information content (AvgIpc) is 2.77. The van der Waals surface area contributed by atoms with E-state index in [-0.39, 0.29) is 0 Å². The summed E-state index contributed by atoms with van der Waals surface area (Å²) in [6.45, 7) is 4.90. The molecular weight excluding hydrogens is 258 g/mol. The van der Waals surface area contributed by atoms with Crippen LogP contribution in [0.3, 0.4) is 0 Å². The molecule has 0 aliphatic heterocycles. The molecule has 2 aromatic rings. The third-order valence-corrected chi connectivity index (χ3v) is 4.09. The highest BCUT2D eigenvalue weighted by Crippen LogP contribution is 2.24. The van der Waals surface area contributed by atoms with Gasteiger partial charge in [0.2, 0.25) is 0 Å². The van der Waals surface area contributed by atoms with Gasteiger partial charge in [-0.3, -0.25) is 0 Å². The van der Waals surface area contributed by atoms with Crippen molar-refractivity contribution in [1.82, 2.24) is 0 Å². The van der Waals surface area contributed by atoms with Gasteiger partial charge in [-0.05, 0) is 37.6 Å². The minimum absolute atomic E-state index is 0.393. The molecule has 0 unspecified atom stereocenters. The summed E-state index contributed by atoms with van der Waals surface area (Å²) in [6.07, 6.45) is 0. The first-order valence-electron chi connectivity index (χ1n) is 6.08. The molecule has 1 aromatic carbocycles. The molecule has 2 rings (SSSR count). The van der Waals surface area contributed by atoms with Gasteiger partial charge in [0, 0.05) is 17.6 Å². The lowest BCUT2D eigenvalue weighted by atomic mass is 10.1. The number of hydrogen-bond acceptors (Lipinski definition) is 3. The van der Waals surface area contributed by atoms with Crippen molar-refractivity contribution in [2.75, 3.05) is 11.9 Å². The zero-order valence-electron chi connectivity index (χ0n) is 11.3. The molecule has 4 heteroatoms. The maximum atomic E-state index is 10.9. The minimum atomic E-state index is -0.856. The lowest BCUT2D eigenvalue weighted by Crippen LogP contribution is -2.16. The Hall–Kier alpha value is -1.81. The largest absolute Gasteiger partial charge is 0.477 e. The van der Waals surface area contributed by atoms with Crippen LogP contribution in [0.4, 0.5) is 5.69 Å². The van der Waals surface area contributed by atoms with Crippen molar-refractivity contribution in [3.05, 3.63) is 51.2 Å². The van der Waals surface area contributed by atoms with E-state index in [1.54, 1.807) is 6.07 Å². The maximum Gasteiger partial charge on any atom is 0.345 e. The summed E-state index contributed by atoms with van der Waals surface area (Å²) in [7, 11) is 2.03. The first-order valence-corrected chi connectivity index (χ1v) is 6.89. The van der Waals surface area contributed by atoms with Crippen molar-refractivity contribution in [2.24, 2.45) is 0 Å². The first-order chi connectivity index (χ1) is 8.97. The van der Waals surface area contributed by atoms with Gasteiger partial charge in [0.1, 0.15) is 4.88 Å². The molecule has 100 valence electrons. The van der Waals surface area contributed by atoms with Gasteiger partial charge in [0.25, 0.3) is 0 Å². The second kappa shape index (κ2) is 5.45. The maximum absolute atomic E-state index is 10.9. The van der Waals surface area contributed by atoms with Crippen LogP contribution in [0.1, 0.15) is 25.7 Å². The second-order valence-corrected chi connectivity index (χ2v) is 5.89. The van der Waals surface area contributed by atoms with Gasteiger partial charge in [-0.15, -0.1) is 11.3 Å². The van der Waals surface area contributed by atoms with Crippen molar-refractivity contribution in [3.63, 3.8) is 0 Å². The first kappa shape index (κ1) is 13.6. The molecule has 1 N–H and O–H groups in total. The van der Waals surface area contributed by atoms with Crippen LogP contribution in [0.15, 0.2) is 30.3 Å². The molecule has 0 spiro atoms. The Morgan fingerprint density at radius 2 is 2.00 bits per heavy atom. The van der Waals surface area contributed by atoms with E-state index in [4.69, 9.17) is 5.11 Å². The fourth-order valence-electron chi connectivity index (χ4n) is 2.13. The SMILES string of the molecule is Cc1ccc(N(C)Cc2ccc(C(=O)O)s2)c(C)c1. The zero-order valence-corrected chi connectivity index (χ0v) is 12.1. The normalized spacial score (nSPS) is 10.5. The van der Waals surface area contributed by atoms with Gasteiger partial charge >= 0.3 is 5.97 Å². The minimum Gasteiger partial charge on any atom is -0.477 e. The molecule has 1 heterocycles. The van der Waals surface area contributed by atoms with Gasteiger partial charge in [-0.1, -0.05) is 17.7 Å². The van der Waals surface area contributed by atoms with Crippen molar-refractivity contribution >= 4 is 23.0 Å². The number of aromatic carboxylic acids is 1. The van der Waals surface area contributed by atoms with Gasteiger partial charge in [0.15, 0.2) is 0 Å². The molecule has 0 aliphatic carbocycles. The molecular formula is C15H17NO2S. The number of carbonyl (C=O) groups is 1. The fourth-order valence-corrected chi connectivity index (χ4v) is 3.03. The summed E-state index contributed by atoms with van der Waals surface area (Å²) in [5.41, 5.74) is 3.66. The summed E-state index contributed by atoms with van der Waals surface area (Å²) in [4.78, 5) is 14.5. The molecule has 0 saturated heterocycles. The van der Waals surface area contributed by atoms with Crippen LogP contribution >= 0.6 is 11.3 Å². The molecule has 0 atom stereocenters. The second-order valence-electron chi connectivity index (χ2n) is 4.72. The standard InChI is InChI=1S/C15H17NO2S/c1-10-4-6-13(11(2)8-10)16(3)9-12-5-7-14(19-12)15(17)18/h4-8H,9H2,1-3H3,(H,17,18). The predicted octanol–water partition coefficient (Wildman–Crippen LogP) is 3.70. The number of benzene rings is 1. The molecule has 3 nitrogen and oxygen atoms in total. The van der Waals surface area contributed by atoms with Gasteiger partial charge in [-0.2, -0.15) is 0 Å². The molecule has 0 aliphatic rings. The van der Waals surface area contributed by atoms with E-state index < -0.39 is 5.97 Å². The van der Waals surface area contributed by atoms with E-state index in [1.165, 1.54) is 28.2 Å². The fraction of sp³-hybridized carbons (Fsp3) is 0.267. The number of rotatable bonds is 4. The van der Waals surface area contributed by atoms with Crippen LogP contribution in [0.2, 0.25) is 0 Å². The number of anilines is 1. The summed E-state index contributed by atoms with van der Waals surface area (Å²) in [5.74, 6) is -0.856. The lowest BCUT2D eigenvalue weighted by molar-refractivity contribution is 0.0702. The molecule has 0 fully saturated rings. The van der Waals surface area contributed by atoms with Crippen LogP contribution < -0.4 is 4.90 Å². The quantitative estimate of drug-likeness (QED) is 0.925. The third kappa shape index (κ3) is 3.15. The predicted molar refractivity (Wildman–Crippen MR) is 79.3 cm³/mol. The Morgan fingerprint density at radius 1 is 1.26 bits per heavy atom. The molecule has 0 amide bonds. The Bertz CT molecular complexity index is 604. The van der Waals surface area contributed by atoms with E-state index in [2.05, 4.69) is 36.9 Å². The highest BCUT2D eigenvalue weighted by molar-refractivity contribution is 7.13. The van der Waals surface area contributed by atoms with Gasteiger partial charge < -0.3 is 10.0 Å². The smallest absolute Gasteiger partial charge is 0.345 e. The Kier molecular flexibility index (Phi) is 3.90. The summed E-state index contributed by atoms with van der Waals surface area (Å²) in [6, 6.07) is 9.90. The lowest BCUT2D eigenvalue weighted by Gasteiger charge is -2.21. The number of carboxylic acids is 1.